The molecule has 7 aromatic carbocycles. The van der Waals surface area contributed by atoms with Crippen molar-refractivity contribution in [1.82, 2.24) is 9.97 Å². The van der Waals surface area contributed by atoms with Gasteiger partial charge >= 0.3 is 49.4 Å². The summed E-state index contributed by atoms with van der Waals surface area (Å²) in [5.41, 5.74) is 11.6. The topological polar surface area (TPSA) is 172 Å². The number of nitrogens with two attached hydrogens (primary N) is 1. The molecule has 0 saturated heterocycles. The zero-order chi connectivity index (χ0) is 46.5. The Balaban J connectivity index is 0.000000166. The monoisotopic (exact) mass is 1020 g/mol. The van der Waals surface area contributed by atoms with Crippen molar-refractivity contribution in [2.24, 2.45) is 0 Å². The first-order valence-corrected chi connectivity index (χ1v) is 20.7. The third-order valence-electron chi connectivity index (χ3n) is 9.63. The molecule has 0 atom stereocenters. The minimum atomic E-state index is -0.264. The Labute approximate surface area is 429 Å². The Morgan fingerprint density at radius 1 is 0.373 bits per heavy atom. The molecule has 0 aliphatic carbocycles. The summed E-state index contributed by atoms with van der Waals surface area (Å²) in [6, 6.07) is 62.2. The largest absolute Gasteiger partial charge is 3.00 e. The van der Waals surface area contributed by atoms with E-state index in [0.717, 1.165) is 45.7 Å². The quantitative estimate of drug-likeness (QED) is 0.0487. The van der Waals surface area contributed by atoms with E-state index in [2.05, 4.69) is 9.97 Å². The van der Waals surface area contributed by atoms with Crippen molar-refractivity contribution in [2.75, 3.05) is 5.73 Å². The van der Waals surface area contributed by atoms with Gasteiger partial charge in [-0.2, -0.15) is 0 Å². The second-order valence-electron chi connectivity index (χ2n) is 14.3. The number of carbonyl (C=O) groups is 3. The van der Waals surface area contributed by atoms with Crippen LogP contribution in [0.25, 0.3) is 39.1 Å². The maximum absolute atomic E-state index is 11.8. The Hall–Kier alpha value is -7.63. The number of carbonyl (C=O) groups excluding carboxylic acids is 3. The van der Waals surface area contributed by atoms with Gasteiger partial charge in [-0.1, -0.05) is 205 Å². The van der Waals surface area contributed by atoms with Crippen LogP contribution in [-0.4, -0.2) is 27.3 Å². The van der Waals surface area contributed by atoms with Crippen LogP contribution >= 0.6 is 0 Å². The Morgan fingerprint density at radius 2 is 0.657 bits per heavy atom. The molecule has 0 bridgehead atoms. The van der Waals surface area contributed by atoms with Gasteiger partial charge in [0.1, 0.15) is 0 Å². The van der Waals surface area contributed by atoms with Crippen molar-refractivity contribution >= 4 is 62.1 Å². The molecule has 9 nitrogen and oxygen atoms in total. The molecule has 0 aliphatic heterocycles. The Morgan fingerprint density at radius 3 is 0.985 bits per heavy atom. The minimum Gasteiger partial charge on any atom is -0.872 e. The van der Waals surface area contributed by atoms with Gasteiger partial charge in [-0.25, -0.2) is 0 Å². The van der Waals surface area contributed by atoms with E-state index in [4.69, 9.17) is 5.73 Å². The van der Waals surface area contributed by atoms with Gasteiger partial charge in [-0.3, -0.25) is 24.4 Å². The van der Waals surface area contributed by atoms with Gasteiger partial charge < -0.3 is 21.1 Å². The Kier molecular flexibility index (Phi) is 19.8. The molecule has 0 amide bonds. The molecular formula is C57H42EuN3O6. The number of benzene rings is 7. The molecule has 328 valence electrons. The van der Waals surface area contributed by atoms with Gasteiger partial charge in [-0.15, -0.1) is 0 Å². The number of allylic oxidation sites excluding steroid dienone is 3. The van der Waals surface area contributed by atoms with Crippen LogP contribution in [-0.2, 0) is 0 Å². The summed E-state index contributed by atoms with van der Waals surface area (Å²) in [5.74, 6) is -1.59. The summed E-state index contributed by atoms with van der Waals surface area (Å²) in [7, 11) is 0. The summed E-state index contributed by atoms with van der Waals surface area (Å²) in [6.45, 7) is 0. The van der Waals surface area contributed by atoms with Crippen molar-refractivity contribution in [1.29, 1.82) is 0 Å². The number of rotatable bonds is 9. The van der Waals surface area contributed by atoms with Gasteiger partial charge in [0.15, 0.2) is 17.3 Å². The number of aromatic nitrogens is 2. The van der Waals surface area contributed by atoms with Gasteiger partial charge in [-0.05, 0) is 59.2 Å². The van der Waals surface area contributed by atoms with Crippen LogP contribution in [0.15, 0.2) is 243 Å². The van der Waals surface area contributed by atoms with Crippen molar-refractivity contribution in [3.63, 3.8) is 0 Å². The molecule has 2 heterocycles. The van der Waals surface area contributed by atoms with Crippen LogP contribution in [0.2, 0.25) is 0 Å². The van der Waals surface area contributed by atoms with E-state index in [1.54, 1.807) is 158 Å². The van der Waals surface area contributed by atoms with Gasteiger partial charge in [0.05, 0.1) is 11.0 Å². The number of anilines is 1. The minimum absolute atomic E-state index is 0. The van der Waals surface area contributed by atoms with Crippen LogP contribution in [0.5, 0.6) is 0 Å². The average Bonchev–Trinajstić information content (AvgIpc) is 3.38. The fraction of sp³-hybridized carbons (Fsp3) is 0. The molecule has 2 aromatic heterocycles. The van der Waals surface area contributed by atoms with Crippen molar-refractivity contribution < 1.29 is 79.1 Å². The molecule has 67 heavy (non-hydrogen) atoms. The molecule has 9 rings (SSSR count). The van der Waals surface area contributed by atoms with E-state index in [-0.39, 0.29) is 84.0 Å². The summed E-state index contributed by atoms with van der Waals surface area (Å²) >= 11 is 0. The van der Waals surface area contributed by atoms with Gasteiger partial charge in [0, 0.05) is 45.5 Å². The second kappa shape index (κ2) is 26.4. The van der Waals surface area contributed by atoms with E-state index >= 15 is 0 Å². The molecule has 9 aromatic rings. The fourth-order valence-electron chi connectivity index (χ4n) is 6.28. The maximum Gasteiger partial charge on any atom is 3.00 e. The molecule has 0 radical (unpaired) electrons. The number of hydrogen-bond acceptors (Lipinski definition) is 9. The first kappa shape index (κ1) is 50.4. The fourth-order valence-corrected chi connectivity index (χ4v) is 6.28. The zero-order valence-corrected chi connectivity index (χ0v) is 38.3. The smallest absolute Gasteiger partial charge is 0.872 e. The number of pyridine rings is 2. The van der Waals surface area contributed by atoms with Crippen LogP contribution < -0.4 is 21.1 Å². The molecule has 0 fully saturated rings. The van der Waals surface area contributed by atoms with Crippen LogP contribution in [0.4, 0.5) is 5.69 Å². The van der Waals surface area contributed by atoms with E-state index in [9.17, 15) is 29.7 Å². The summed E-state index contributed by atoms with van der Waals surface area (Å²) in [6.07, 6.45) is 6.92. The number of nitrogen functional groups attached to an aromatic ring is 1. The van der Waals surface area contributed by atoms with Crippen LogP contribution in [0.1, 0.15) is 47.8 Å². The molecule has 0 unspecified atom stereocenters. The average molecular weight is 1020 g/mol. The predicted molar refractivity (Wildman–Crippen MR) is 257 cm³/mol. The molecule has 10 heteroatoms. The molecular weight excluding hydrogens is 975 g/mol. The van der Waals surface area contributed by atoms with Crippen LogP contribution in [0.3, 0.4) is 0 Å². The standard InChI is InChI=1S/3C15H12O2.C12H9N3.Eu/c3*16-14(12-7-3-1-4-8-12)11-15(17)13-9-5-2-6-10-13;13-10-7-8-3-1-5-14-11(8)12-9(10)4-2-6-15-12;/h3*1-11,16H;1-7H,13H2;/q;;;;+3/p-3/b3*14-11-;;. The van der Waals surface area contributed by atoms with E-state index < -0.39 is 0 Å². The van der Waals surface area contributed by atoms with Crippen molar-refractivity contribution in [3.8, 4) is 0 Å². The third kappa shape index (κ3) is 15.2. The van der Waals surface area contributed by atoms with Gasteiger partial charge in [0.2, 0.25) is 0 Å². The first-order chi connectivity index (χ1) is 32.2. The number of hydrogen-bond donors (Lipinski definition) is 1. The van der Waals surface area contributed by atoms with Gasteiger partial charge in [0.25, 0.3) is 0 Å². The van der Waals surface area contributed by atoms with E-state index in [1.807, 2.05) is 66.7 Å². The van der Waals surface area contributed by atoms with Crippen molar-refractivity contribution in [2.45, 2.75) is 0 Å². The van der Waals surface area contributed by atoms with Crippen molar-refractivity contribution in [3.05, 3.63) is 276 Å². The molecule has 0 aliphatic rings. The summed E-state index contributed by atoms with van der Waals surface area (Å²) in [4.78, 5) is 43.9. The second-order valence-corrected chi connectivity index (χ2v) is 14.3. The molecule has 0 saturated carbocycles. The third-order valence-corrected chi connectivity index (χ3v) is 9.63. The first-order valence-electron chi connectivity index (χ1n) is 20.7. The molecule has 2 N–H and O–H groups in total. The summed E-state index contributed by atoms with van der Waals surface area (Å²) in [5, 5.41) is 37.2. The Bertz CT molecular complexity index is 2850. The van der Waals surface area contributed by atoms with Crippen LogP contribution in [0, 0.1) is 49.4 Å². The maximum atomic E-state index is 11.8. The zero-order valence-electron chi connectivity index (χ0n) is 35.9. The van der Waals surface area contributed by atoms with E-state index in [1.165, 1.54) is 0 Å². The predicted octanol–water partition coefficient (Wildman–Crippen LogP) is 9.18. The number of ketones is 3. The summed E-state index contributed by atoms with van der Waals surface area (Å²) < 4.78 is 0. The SMILES string of the molecule is Nc1cc2cccnc2c2ncccc12.O=C(/C=C(\[O-])c1ccccc1)c1ccccc1.O=C(/C=C(\[O-])c1ccccc1)c1ccccc1.O=C(/C=C(\[O-])c1ccccc1)c1ccccc1.[Eu+3]. The normalized spacial score (nSPS) is 11.0. The number of fused-ring (bicyclic) bond motifs is 3. The molecule has 0 spiro atoms. The number of nitrogens with zero attached hydrogens (tertiary/aromatic N) is 2. The van der Waals surface area contributed by atoms with E-state index in [0.29, 0.717) is 33.4 Å².